The van der Waals surface area contributed by atoms with Crippen LogP contribution in [0.1, 0.15) is 0 Å². The summed E-state index contributed by atoms with van der Waals surface area (Å²) in [5, 5.41) is 7.24. The molecular formula is C52H33NOS. The van der Waals surface area contributed by atoms with Gasteiger partial charge >= 0.3 is 0 Å². The first-order chi connectivity index (χ1) is 27.2. The standard InChI is InChI=1S/C52H33NOS/c1-2-10-34(11-3-1)38-13-8-14-42(32-38)53(40-26-20-35(21-27-40)39-25-31-50-47(33-39)45-16-6-7-19-49(45)55-50)41-28-22-37(23-29-41)43-17-9-18-48-51(43)46-30-24-36-12-4-5-15-44(36)52(46)54-48/h1-33H. The first-order valence-corrected chi connectivity index (χ1v) is 19.5. The first-order valence-electron chi connectivity index (χ1n) is 18.7. The van der Waals surface area contributed by atoms with Crippen molar-refractivity contribution in [3.05, 3.63) is 200 Å². The van der Waals surface area contributed by atoms with Crippen molar-refractivity contribution in [2.45, 2.75) is 0 Å². The normalized spacial score (nSPS) is 11.6. The van der Waals surface area contributed by atoms with E-state index >= 15 is 0 Å². The van der Waals surface area contributed by atoms with Crippen LogP contribution in [0, 0.1) is 0 Å². The minimum absolute atomic E-state index is 0.902. The average Bonchev–Trinajstić information content (AvgIpc) is 3.83. The summed E-state index contributed by atoms with van der Waals surface area (Å²) >= 11 is 1.86. The number of furan rings is 1. The van der Waals surface area contributed by atoms with Gasteiger partial charge in [0.25, 0.3) is 0 Å². The number of rotatable bonds is 6. The Labute approximate surface area is 322 Å². The highest BCUT2D eigenvalue weighted by Gasteiger charge is 2.17. The van der Waals surface area contributed by atoms with Gasteiger partial charge in [0.15, 0.2) is 0 Å². The molecule has 0 radical (unpaired) electrons. The summed E-state index contributed by atoms with van der Waals surface area (Å²) in [6.07, 6.45) is 0. The van der Waals surface area contributed by atoms with Gasteiger partial charge in [-0.3, -0.25) is 0 Å². The lowest BCUT2D eigenvalue weighted by atomic mass is 9.97. The Kier molecular flexibility index (Phi) is 7.39. The van der Waals surface area contributed by atoms with Crippen LogP contribution in [0.4, 0.5) is 17.1 Å². The van der Waals surface area contributed by atoms with E-state index in [2.05, 4.69) is 205 Å². The van der Waals surface area contributed by atoms with Gasteiger partial charge in [-0.2, -0.15) is 0 Å². The van der Waals surface area contributed by atoms with Crippen molar-refractivity contribution in [1.29, 1.82) is 0 Å². The van der Waals surface area contributed by atoms with Gasteiger partial charge in [0.2, 0.25) is 0 Å². The largest absolute Gasteiger partial charge is 0.455 e. The zero-order chi connectivity index (χ0) is 36.3. The summed E-state index contributed by atoms with van der Waals surface area (Å²) in [5.41, 5.74) is 12.2. The number of anilines is 3. The predicted molar refractivity (Wildman–Crippen MR) is 235 cm³/mol. The third kappa shape index (κ3) is 5.40. The van der Waals surface area contributed by atoms with Crippen LogP contribution in [-0.4, -0.2) is 0 Å². The molecule has 55 heavy (non-hydrogen) atoms. The van der Waals surface area contributed by atoms with Crippen molar-refractivity contribution in [3.8, 4) is 33.4 Å². The summed E-state index contributed by atoms with van der Waals surface area (Å²) in [7, 11) is 0. The van der Waals surface area contributed by atoms with Crippen LogP contribution in [-0.2, 0) is 0 Å². The maximum absolute atomic E-state index is 6.52. The molecule has 11 rings (SSSR count). The van der Waals surface area contributed by atoms with Crippen LogP contribution < -0.4 is 4.90 Å². The Hall–Kier alpha value is -6.94. The zero-order valence-electron chi connectivity index (χ0n) is 29.8. The molecule has 0 amide bonds. The molecule has 0 unspecified atom stereocenters. The smallest absolute Gasteiger partial charge is 0.143 e. The maximum atomic E-state index is 6.52. The summed E-state index contributed by atoms with van der Waals surface area (Å²) in [6, 6.07) is 72.2. The number of fused-ring (bicyclic) bond motifs is 8. The van der Waals surface area contributed by atoms with E-state index in [0.29, 0.717) is 0 Å². The molecular weight excluding hydrogens is 687 g/mol. The second-order valence-corrected chi connectivity index (χ2v) is 15.2. The molecule has 258 valence electrons. The zero-order valence-corrected chi connectivity index (χ0v) is 30.6. The molecule has 0 bridgehead atoms. The van der Waals surface area contributed by atoms with Crippen LogP contribution in [0.3, 0.4) is 0 Å². The lowest BCUT2D eigenvalue weighted by Crippen LogP contribution is -2.10. The van der Waals surface area contributed by atoms with E-state index in [1.807, 2.05) is 11.3 Å². The summed E-state index contributed by atoms with van der Waals surface area (Å²) in [5.74, 6) is 0. The van der Waals surface area contributed by atoms with Gasteiger partial charge in [-0.15, -0.1) is 11.3 Å². The van der Waals surface area contributed by atoms with E-state index < -0.39 is 0 Å². The quantitative estimate of drug-likeness (QED) is 0.170. The number of nitrogens with zero attached hydrogens (tertiary/aromatic N) is 1. The van der Waals surface area contributed by atoms with Gasteiger partial charge in [-0.1, -0.05) is 133 Å². The lowest BCUT2D eigenvalue weighted by molar-refractivity contribution is 0.673. The Morgan fingerprint density at radius 2 is 1.00 bits per heavy atom. The van der Waals surface area contributed by atoms with E-state index in [0.717, 1.165) is 55.5 Å². The lowest BCUT2D eigenvalue weighted by Gasteiger charge is -2.26. The van der Waals surface area contributed by atoms with E-state index in [4.69, 9.17) is 4.42 Å². The molecule has 0 saturated carbocycles. The van der Waals surface area contributed by atoms with Crippen molar-refractivity contribution in [2.75, 3.05) is 4.90 Å². The first kappa shape index (κ1) is 31.6. The average molecular weight is 720 g/mol. The Morgan fingerprint density at radius 3 is 1.84 bits per heavy atom. The summed E-state index contributed by atoms with van der Waals surface area (Å²) in [6.45, 7) is 0. The predicted octanol–water partition coefficient (Wildman–Crippen LogP) is 15.6. The van der Waals surface area contributed by atoms with Gasteiger partial charge in [0, 0.05) is 53.4 Å². The Balaban J connectivity index is 1.01. The molecule has 0 spiro atoms. The Bertz CT molecular complexity index is 3190. The van der Waals surface area contributed by atoms with Crippen LogP contribution >= 0.6 is 11.3 Å². The molecule has 0 aliphatic carbocycles. The summed E-state index contributed by atoms with van der Waals surface area (Å²) in [4.78, 5) is 2.36. The van der Waals surface area contributed by atoms with Crippen LogP contribution in [0.5, 0.6) is 0 Å². The van der Waals surface area contributed by atoms with Crippen molar-refractivity contribution >= 4 is 81.3 Å². The molecule has 0 aliphatic rings. The molecule has 0 atom stereocenters. The number of hydrogen-bond acceptors (Lipinski definition) is 3. The monoisotopic (exact) mass is 719 g/mol. The van der Waals surface area contributed by atoms with Gasteiger partial charge < -0.3 is 9.32 Å². The SMILES string of the molecule is c1ccc(-c2cccc(N(c3ccc(-c4ccc5sc6ccccc6c5c4)cc3)c3ccc(-c4cccc5oc6c7ccccc7ccc6c45)cc3)c2)cc1. The van der Waals surface area contributed by atoms with E-state index in [1.165, 1.54) is 47.8 Å². The minimum atomic E-state index is 0.902. The molecule has 2 aromatic heterocycles. The van der Waals surface area contributed by atoms with Gasteiger partial charge in [0.1, 0.15) is 11.2 Å². The molecule has 11 aromatic rings. The highest BCUT2D eigenvalue weighted by molar-refractivity contribution is 7.25. The Morgan fingerprint density at radius 1 is 0.364 bits per heavy atom. The second-order valence-electron chi connectivity index (χ2n) is 14.1. The van der Waals surface area contributed by atoms with Gasteiger partial charge in [-0.25, -0.2) is 0 Å². The molecule has 0 N–H and O–H groups in total. The fraction of sp³-hybridized carbons (Fsp3) is 0. The topological polar surface area (TPSA) is 16.4 Å². The van der Waals surface area contributed by atoms with Crippen molar-refractivity contribution in [3.63, 3.8) is 0 Å². The van der Waals surface area contributed by atoms with Gasteiger partial charge in [-0.05, 0) is 105 Å². The molecule has 2 nitrogen and oxygen atoms in total. The van der Waals surface area contributed by atoms with Crippen LogP contribution in [0.2, 0.25) is 0 Å². The third-order valence-corrected chi connectivity index (χ3v) is 12.0. The molecule has 0 saturated heterocycles. The summed E-state index contributed by atoms with van der Waals surface area (Å²) < 4.78 is 9.17. The van der Waals surface area contributed by atoms with E-state index in [9.17, 15) is 0 Å². The number of thiophene rings is 1. The molecule has 3 heteroatoms. The van der Waals surface area contributed by atoms with Crippen molar-refractivity contribution in [2.24, 2.45) is 0 Å². The van der Waals surface area contributed by atoms with E-state index in [-0.39, 0.29) is 0 Å². The second kappa shape index (κ2) is 12.9. The molecule has 2 heterocycles. The van der Waals surface area contributed by atoms with Crippen molar-refractivity contribution in [1.82, 2.24) is 0 Å². The van der Waals surface area contributed by atoms with Gasteiger partial charge in [0.05, 0.1) is 0 Å². The minimum Gasteiger partial charge on any atom is -0.455 e. The number of hydrogen-bond donors (Lipinski definition) is 0. The van der Waals surface area contributed by atoms with E-state index in [1.54, 1.807) is 0 Å². The number of benzene rings is 9. The third-order valence-electron chi connectivity index (χ3n) is 10.9. The highest BCUT2D eigenvalue weighted by atomic mass is 32.1. The maximum Gasteiger partial charge on any atom is 0.143 e. The molecule has 0 aliphatic heterocycles. The highest BCUT2D eigenvalue weighted by Crippen LogP contribution is 2.42. The molecule has 0 fully saturated rings. The molecule has 9 aromatic carbocycles. The van der Waals surface area contributed by atoms with Crippen LogP contribution in [0.25, 0.3) is 86.3 Å². The fourth-order valence-corrected chi connectivity index (χ4v) is 9.28. The van der Waals surface area contributed by atoms with Crippen molar-refractivity contribution < 1.29 is 4.42 Å². The van der Waals surface area contributed by atoms with Crippen LogP contribution in [0.15, 0.2) is 205 Å². The fourth-order valence-electron chi connectivity index (χ4n) is 8.20.